The van der Waals surface area contributed by atoms with Gasteiger partial charge >= 0.3 is 0 Å². The summed E-state index contributed by atoms with van der Waals surface area (Å²) in [5.74, 6) is -0.0868. The third kappa shape index (κ3) is 5.03. The summed E-state index contributed by atoms with van der Waals surface area (Å²) in [7, 11) is 0. The van der Waals surface area contributed by atoms with E-state index in [0.717, 1.165) is 11.1 Å². The van der Waals surface area contributed by atoms with Gasteiger partial charge in [0.05, 0.1) is 11.4 Å². The number of aryl methyl sites for hydroxylation is 3. The predicted octanol–water partition coefficient (Wildman–Crippen LogP) is 4.86. The molecular weight excluding hydrogens is 470 g/mol. The van der Waals surface area contributed by atoms with Crippen LogP contribution in [0.25, 0.3) is 11.0 Å². The van der Waals surface area contributed by atoms with Gasteiger partial charge in [0, 0.05) is 23.8 Å². The molecule has 0 aliphatic rings. The van der Waals surface area contributed by atoms with Crippen LogP contribution in [0.15, 0.2) is 58.5 Å². The summed E-state index contributed by atoms with van der Waals surface area (Å²) in [6, 6.07) is 15.4. The Morgan fingerprint density at radius 3 is 2.62 bits per heavy atom. The Hall–Kier alpha value is -3.10. The average molecular weight is 496 g/mol. The number of fused-ring (bicyclic) bond motifs is 1. The molecule has 7 nitrogen and oxygen atoms in total. The van der Waals surface area contributed by atoms with Crippen LogP contribution in [0.4, 0.5) is 5.69 Å². The van der Waals surface area contributed by atoms with Crippen molar-refractivity contribution in [3.8, 4) is 0 Å². The van der Waals surface area contributed by atoms with Crippen LogP contribution in [0.5, 0.6) is 0 Å². The maximum Gasteiger partial charge on any atom is 0.280 e. The summed E-state index contributed by atoms with van der Waals surface area (Å²) in [5, 5.41) is 8.48. The summed E-state index contributed by atoms with van der Waals surface area (Å²) >= 11 is 7.41. The van der Waals surface area contributed by atoms with E-state index >= 15 is 0 Å². The first-order chi connectivity index (χ1) is 16.4. The van der Waals surface area contributed by atoms with Gasteiger partial charge in [0.15, 0.2) is 10.7 Å². The quantitative estimate of drug-likeness (QED) is 0.279. The highest BCUT2D eigenvalue weighted by molar-refractivity contribution is 7.99. The number of amides is 1. The van der Waals surface area contributed by atoms with E-state index in [1.165, 1.54) is 11.8 Å². The van der Waals surface area contributed by atoms with Crippen LogP contribution in [-0.4, -0.2) is 31.0 Å². The van der Waals surface area contributed by atoms with Crippen LogP contribution in [0, 0.1) is 13.8 Å². The maximum atomic E-state index is 13.5. The third-order valence-electron chi connectivity index (χ3n) is 5.62. The highest BCUT2D eigenvalue weighted by Crippen LogP contribution is 2.24. The van der Waals surface area contributed by atoms with Gasteiger partial charge in [-0.1, -0.05) is 59.8 Å². The first-order valence-electron chi connectivity index (χ1n) is 11.1. The number of carbonyl (C=O) groups is 1. The number of hydrogen-bond donors (Lipinski definition) is 1. The van der Waals surface area contributed by atoms with Gasteiger partial charge in [-0.2, -0.15) is 5.10 Å². The molecule has 34 heavy (non-hydrogen) atoms. The van der Waals surface area contributed by atoms with Gasteiger partial charge in [-0.05, 0) is 50.5 Å². The average Bonchev–Trinajstić information content (AvgIpc) is 3.16. The van der Waals surface area contributed by atoms with Crippen molar-refractivity contribution in [2.45, 2.75) is 45.4 Å². The van der Waals surface area contributed by atoms with Crippen molar-refractivity contribution in [1.29, 1.82) is 0 Å². The third-order valence-corrected chi connectivity index (χ3v) is 7.01. The predicted molar refractivity (Wildman–Crippen MR) is 138 cm³/mol. The molecule has 0 saturated carbocycles. The van der Waals surface area contributed by atoms with Gasteiger partial charge in [-0.25, -0.2) is 4.98 Å². The fraction of sp³-hybridized carbons (Fsp3) is 0.280. The molecule has 1 N–H and O–H groups in total. The van der Waals surface area contributed by atoms with Gasteiger partial charge in [0.2, 0.25) is 5.91 Å². The highest BCUT2D eigenvalue weighted by Gasteiger charge is 2.19. The van der Waals surface area contributed by atoms with Gasteiger partial charge in [-0.15, -0.1) is 0 Å². The van der Waals surface area contributed by atoms with Gasteiger partial charge < -0.3 is 5.32 Å². The molecule has 4 rings (SSSR count). The molecular formula is C25H26ClN5O2S. The number of nitrogens with one attached hydrogen (secondary N) is 1. The Labute approximate surface area is 207 Å². The Balaban J connectivity index is 1.63. The molecule has 2 aromatic heterocycles. The van der Waals surface area contributed by atoms with E-state index in [0.29, 0.717) is 52.1 Å². The normalized spacial score (nSPS) is 11.2. The largest absolute Gasteiger partial charge is 0.325 e. The smallest absolute Gasteiger partial charge is 0.280 e. The zero-order valence-corrected chi connectivity index (χ0v) is 20.9. The number of rotatable bonds is 8. The molecule has 0 spiro atoms. The number of benzene rings is 2. The zero-order valence-electron chi connectivity index (χ0n) is 19.3. The number of hydrogen-bond acceptors (Lipinski definition) is 5. The van der Waals surface area contributed by atoms with E-state index < -0.39 is 0 Å². The Morgan fingerprint density at radius 2 is 1.88 bits per heavy atom. The molecule has 0 aliphatic heterocycles. The Morgan fingerprint density at radius 1 is 1.12 bits per heavy atom. The minimum Gasteiger partial charge on any atom is -0.325 e. The lowest BCUT2D eigenvalue weighted by molar-refractivity contribution is -0.113. The lowest BCUT2D eigenvalue weighted by Gasteiger charge is -2.13. The molecule has 0 saturated heterocycles. The zero-order chi connectivity index (χ0) is 24.2. The number of anilines is 1. The second-order valence-electron chi connectivity index (χ2n) is 7.93. The number of halogens is 1. The monoisotopic (exact) mass is 495 g/mol. The summed E-state index contributed by atoms with van der Waals surface area (Å²) in [5.41, 5.74) is 4.24. The van der Waals surface area contributed by atoms with Crippen LogP contribution in [0.3, 0.4) is 0 Å². The van der Waals surface area contributed by atoms with Crippen LogP contribution >= 0.6 is 23.4 Å². The standard InChI is InChI=1S/C25H26ClN5O2S/c1-4-31-23-22(17(3)29-31)28-25(30(24(23)33)14-13-18-9-6-5-7-10-18)34-15-21(32)27-20-12-8-11-19(26)16(20)2/h5-12H,4,13-15H2,1-3H3,(H,27,32). The minimum absolute atomic E-state index is 0.107. The van der Waals surface area contributed by atoms with Gasteiger partial charge in [0.1, 0.15) is 5.52 Å². The van der Waals surface area contributed by atoms with Crippen molar-refractivity contribution in [1.82, 2.24) is 19.3 Å². The van der Waals surface area contributed by atoms with Gasteiger partial charge in [-0.3, -0.25) is 18.8 Å². The van der Waals surface area contributed by atoms with Crippen molar-refractivity contribution >= 4 is 46.0 Å². The van der Waals surface area contributed by atoms with E-state index in [1.807, 2.05) is 57.2 Å². The number of carbonyl (C=O) groups excluding carboxylic acids is 1. The van der Waals surface area contributed by atoms with Gasteiger partial charge in [0.25, 0.3) is 5.56 Å². The molecule has 0 aliphatic carbocycles. The van der Waals surface area contributed by atoms with E-state index in [2.05, 4.69) is 10.4 Å². The minimum atomic E-state index is -0.194. The van der Waals surface area contributed by atoms with Crippen LogP contribution in [0.1, 0.15) is 23.7 Å². The summed E-state index contributed by atoms with van der Waals surface area (Å²) in [6.07, 6.45) is 0.675. The van der Waals surface area contributed by atoms with E-state index in [-0.39, 0.29) is 17.2 Å². The van der Waals surface area contributed by atoms with Crippen molar-refractivity contribution in [3.05, 3.63) is 80.7 Å². The van der Waals surface area contributed by atoms with Crippen LogP contribution in [-0.2, 0) is 24.3 Å². The number of nitrogens with zero attached hydrogens (tertiary/aromatic N) is 4. The molecule has 2 heterocycles. The van der Waals surface area contributed by atoms with Crippen molar-refractivity contribution in [2.24, 2.45) is 0 Å². The molecule has 176 valence electrons. The fourth-order valence-electron chi connectivity index (χ4n) is 3.77. The number of aromatic nitrogens is 4. The second-order valence-corrected chi connectivity index (χ2v) is 9.28. The SMILES string of the molecule is CCn1nc(C)c2nc(SCC(=O)Nc3cccc(Cl)c3C)n(CCc3ccccc3)c(=O)c21. The summed E-state index contributed by atoms with van der Waals surface area (Å²) in [6.45, 7) is 6.68. The molecule has 2 aromatic carbocycles. The first kappa shape index (κ1) is 24.0. The van der Waals surface area contributed by atoms with E-state index in [1.54, 1.807) is 21.4 Å². The first-order valence-corrected chi connectivity index (χ1v) is 12.4. The topological polar surface area (TPSA) is 81.8 Å². The second kappa shape index (κ2) is 10.4. The lowest BCUT2D eigenvalue weighted by Crippen LogP contribution is -2.26. The molecule has 0 atom stereocenters. The molecule has 0 fully saturated rings. The molecule has 0 unspecified atom stereocenters. The molecule has 4 aromatic rings. The van der Waals surface area contributed by atoms with Crippen LogP contribution in [0.2, 0.25) is 5.02 Å². The van der Waals surface area contributed by atoms with Crippen LogP contribution < -0.4 is 10.9 Å². The maximum absolute atomic E-state index is 13.5. The molecule has 0 bridgehead atoms. The van der Waals surface area contributed by atoms with E-state index in [9.17, 15) is 9.59 Å². The van der Waals surface area contributed by atoms with E-state index in [4.69, 9.17) is 16.6 Å². The lowest BCUT2D eigenvalue weighted by atomic mass is 10.1. The van der Waals surface area contributed by atoms with Crippen molar-refractivity contribution < 1.29 is 4.79 Å². The molecule has 9 heteroatoms. The highest BCUT2D eigenvalue weighted by atomic mass is 35.5. The van der Waals surface area contributed by atoms with Crippen molar-refractivity contribution in [3.63, 3.8) is 0 Å². The summed E-state index contributed by atoms with van der Waals surface area (Å²) < 4.78 is 3.35. The van der Waals surface area contributed by atoms with Crippen molar-refractivity contribution in [2.75, 3.05) is 11.1 Å². The molecule has 0 radical (unpaired) electrons. The number of thioether (sulfide) groups is 1. The fourth-order valence-corrected chi connectivity index (χ4v) is 4.76. The Bertz CT molecular complexity index is 1400. The molecule has 1 amide bonds. The summed E-state index contributed by atoms with van der Waals surface area (Å²) in [4.78, 5) is 31.0. The Kier molecular flexibility index (Phi) is 7.38.